The Bertz CT molecular complexity index is 807. The summed E-state index contributed by atoms with van der Waals surface area (Å²) in [6.45, 7) is 2.14. The van der Waals surface area contributed by atoms with Crippen LogP contribution in [0.2, 0.25) is 10.0 Å². The Kier molecular flexibility index (Phi) is 4.78. The van der Waals surface area contributed by atoms with Gasteiger partial charge >= 0.3 is 5.97 Å². The third kappa shape index (κ3) is 3.25. The molecule has 1 amide bonds. The highest BCUT2D eigenvalue weighted by Crippen LogP contribution is 2.28. The van der Waals surface area contributed by atoms with Crippen LogP contribution >= 0.6 is 23.2 Å². The maximum atomic E-state index is 12.6. The van der Waals surface area contributed by atoms with E-state index in [4.69, 9.17) is 27.9 Å². The lowest BCUT2D eigenvalue weighted by Crippen LogP contribution is -2.39. The largest absolute Gasteiger partial charge is 0.449 e. The molecular weight excluding hydrogens is 349 g/mol. The van der Waals surface area contributed by atoms with Gasteiger partial charge < -0.3 is 9.64 Å². The molecule has 4 nitrogen and oxygen atoms in total. The first kappa shape index (κ1) is 16.8. The molecule has 1 atom stereocenters. The van der Waals surface area contributed by atoms with Crippen LogP contribution in [0.15, 0.2) is 42.5 Å². The quantitative estimate of drug-likeness (QED) is 0.770. The Labute approximate surface area is 149 Å². The Morgan fingerprint density at radius 2 is 1.92 bits per heavy atom. The number of nitrogens with zero attached hydrogens (tertiary/aromatic N) is 1. The fraction of sp³-hybridized carbons (Fsp3) is 0.222. The second-order valence-corrected chi connectivity index (χ2v) is 6.38. The maximum Gasteiger partial charge on any atom is 0.340 e. The summed E-state index contributed by atoms with van der Waals surface area (Å²) < 4.78 is 5.29. The molecule has 0 fully saturated rings. The normalized spacial score (nSPS) is 14.2. The average Bonchev–Trinajstić information content (AvgIpc) is 3.00. The molecule has 1 aliphatic rings. The molecule has 0 aromatic heterocycles. The highest BCUT2D eigenvalue weighted by atomic mass is 35.5. The van der Waals surface area contributed by atoms with Crippen LogP contribution < -0.4 is 4.90 Å². The van der Waals surface area contributed by atoms with Crippen LogP contribution in [0.1, 0.15) is 22.8 Å². The summed E-state index contributed by atoms with van der Waals surface area (Å²) >= 11 is 11.9. The summed E-state index contributed by atoms with van der Waals surface area (Å²) in [5, 5.41) is 0.606. The minimum absolute atomic E-state index is 0.144. The summed E-state index contributed by atoms with van der Waals surface area (Å²) in [5.74, 6) is -0.928. The zero-order valence-electron chi connectivity index (χ0n) is 13.0. The van der Waals surface area contributed by atoms with Crippen molar-refractivity contribution in [2.24, 2.45) is 0 Å². The van der Waals surface area contributed by atoms with E-state index in [0.29, 0.717) is 11.6 Å². The summed E-state index contributed by atoms with van der Waals surface area (Å²) in [6.07, 6.45) is -0.124. The number of anilines is 1. The number of carbonyl (C=O) groups excluding carboxylic acids is 2. The fourth-order valence-corrected chi connectivity index (χ4v) is 3.08. The summed E-state index contributed by atoms with van der Waals surface area (Å²) in [6, 6.07) is 12.2. The molecule has 0 spiro atoms. The monoisotopic (exact) mass is 363 g/mol. The van der Waals surface area contributed by atoms with Crippen LogP contribution in [-0.4, -0.2) is 24.5 Å². The molecule has 1 heterocycles. The lowest BCUT2D eigenvalue weighted by atomic mass is 10.2. The smallest absolute Gasteiger partial charge is 0.340 e. The molecule has 0 N–H and O–H groups in total. The average molecular weight is 364 g/mol. The number of para-hydroxylation sites is 1. The topological polar surface area (TPSA) is 46.6 Å². The van der Waals surface area contributed by atoms with Gasteiger partial charge in [-0.25, -0.2) is 4.79 Å². The van der Waals surface area contributed by atoms with Crippen molar-refractivity contribution in [3.63, 3.8) is 0 Å². The van der Waals surface area contributed by atoms with Crippen LogP contribution in [0, 0.1) is 0 Å². The van der Waals surface area contributed by atoms with Gasteiger partial charge in [-0.15, -0.1) is 0 Å². The lowest BCUT2D eigenvalue weighted by molar-refractivity contribution is -0.126. The minimum Gasteiger partial charge on any atom is -0.449 e. The first-order chi connectivity index (χ1) is 11.5. The van der Waals surface area contributed by atoms with Crippen molar-refractivity contribution in [3.8, 4) is 0 Å². The van der Waals surface area contributed by atoms with E-state index in [2.05, 4.69) is 0 Å². The van der Waals surface area contributed by atoms with Crippen molar-refractivity contribution in [2.75, 3.05) is 11.4 Å². The number of ether oxygens (including phenoxy) is 1. The molecule has 2 aromatic carbocycles. The third-order valence-electron chi connectivity index (χ3n) is 3.93. The van der Waals surface area contributed by atoms with Crippen LogP contribution in [0.25, 0.3) is 0 Å². The molecule has 0 aliphatic carbocycles. The van der Waals surface area contributed by atoms with Gasteiger partial charge in [-0.05, 0) is 43.2 Å². The molecule has 0 bridgehead atoms. The molecule has 0 unspecified atom stereocenters. The van der Waals surface area contributed by atoms with Crippen molar-refractivity contribution in [1.29, 1.82) is 0 Å². The van der Waals surface area contributed by atoms with Gasteiger partial charge in [0.25, 0.3) is 5.91 Å². The lowest BCUT2D eigenvalue weighted by Gasteiger charge is -2.21. The van der Waals surface area contributed by atoms with E-state index in [1.807, 2.05) is 24.3 Å². The van der Waals surface area contributed by atoms with Crippen molar-refractivity contribution >= 4 is 40.8 Å². The first-order valence-electron chi connectivity index (χ1n) is 7.52. The van der Waals surface area contributed by atoms with E-state index in [9.17, 15) is 9.59 Å². The Morgan fingerprint density at radius 1 is 1.17 bits per heavy atom. The molecule has 1 aliphatic heterocycles. The van der Waals surface area contributed by atoms with Gasteiger partial charge in [0.15, 0.2) is 6.10 Å². The maximum absolute atomic E-state index is 12.6. The van der Waals surface area contributed by atoms with E-state index in [0.717, 1.165) is 17.7 Å². The van der Waals surface area contributed by atoms with Crippen LogP contribution in [0.3, 0.4) is 0 Å². The van der Waals surface area contributed by atoms with Gasteiger partial charge in [0.2, 0.25) is 0 Å². The van der Waals surface area contributed by atoms with Gasteiger partial charge in [-0.3, -0.25) is 4.79 Å². The zero-order valence-corrected chi connectivity index (χ0v) is 14.5. The second-order valence-electron chi connectivity index (χ2n) is 5.54. The third-order valence-corrected chi connectivity index (χ3v) is 4.50. The van der Waals surface area contributed by atoms with Gasteiger partial charge in [0.1, 0.15) is 0 Å². The Balaban J connectivity index is 1.73. The number of hydrogen-bond acceptors (Lipinski definition) is 3. The van der Waals surface area contributed by atoms with E-state index in [1.165, 1.54) is 12.1 Å². The van der Waals surface area contributed by atoms with Crippen LogP contribution in [0.4, 0.5) is 5.69 Å². The summed E-state index contributed by atoms with van der Waals surface area (Å²) in [4.78, 5) is 26.5. The Morgan fingerprint density at radius 3 is 2.71 bits per heavy atom. The number of amides is 1. The van der Waals surface area contributed by atoms with Crippen molar-refractivity contribution in [1.82, 2.24) is 0 Å². The standard InChI is InChI=1S/C18H15Cl2NO3/c1-11(24-18(23)14-10-13(19)6-7-15(14)20)17(22)21-9-8-12-4-2-3-5-16(12)21/h2-7,10-11H,8-9H2,1H3/t11-/m0/s1. The van der Waals surface area contributed by atoms with Crippen LogP contribution in [-0.2, 0) is 16.0 Å². The number of halogens is 2. The number of benzene rings is 2. The van der Waals surface area contributed by atoms with Crippen LogP contribution in [0.5, 0.6) is 0 Å². The number of hydrogen-bond donors (Lipinski definition) is 0. The Hall–Kier alpha value is -2.04. The van der Waals surface area contributed by atoms with Crippen molar-refractivity contribution in [2.45, 2.75) is 19.4 Å². The highest BCUT2D eigenvalue weighted by molar-refractivity contribution is 6.35. The van der Waals surface area contributed by atoms with E-state index < -0.39 is 12.1 Å². The van der Waals surface area contributed by atoms with E-state index >= 15 is 0 Å². The molecule has 24 heavy (non-hydrogen) atoms. The van der Waals surface area contributed by atoms with Gasteiger partial charge in [0, 0.05) is 17.3 Å². The summed E-state index contributed by atoms with van der Waals surface area (Å²) in [7, 11) is 0. The number of esters is 1. The molecule has 124 valence electrons. The minimum atomic E-state index is -0.918. The van der Waals surface area contributed by atoms with Crippen molar-refractivity contribution in [3.05, 3.63) is 63.6 Å². The fourth-order valence-electron chi connectivity index (χ4n) is 2.71. The van der Waals surface area contributed by atoms with Crippen molar-refractivity contribution < 1.29 is 14.3 Å². The van der Waals surface area contributed by atoms with E-state index in [1.54, 1.807) is 17.9 Å². The van der Waals surface area contributed by atoms with Gasteiger partial charge in [-0.2, -0.15) is 0 Å². The molecule has 0 radical (unpaired) electrons. The highest BCUT2D eigenvalue weighted by Gasteiger charge is 2.30. The second kappa shape index (κ2) is 6.83. The molecule has 6 heteroatoms. The molecular formula is C18H15Cl2NO3. The van der Waals surface area contributed by atoms with Gasteiger partial charge in [0.05, 0.1) is 10.6 Å². The predicted molar refractivity (Wildman–Crippen MR) is 93.8 cm³/mol. The van der Waals surface area contributed by atoms with Gasteiger partial charge in [-0.1, -0.05) is 41.4 Å². The molecule has 2 aromatic rings. The number of rotatable bonds is 3. The molecule has 0 saturated carbocycles. The predicted octanol–water partition coefficient (Wildman–Crippen LogP) is 4.13. The molecule has 0 saturated heterocycles. The summed E-state index contributed by atoms with van der Waals surface area (Å²) in [5.41, 5.74) is 2.12. The first-order valence-corrected chi connectivity index (χ1v) is 8.28. The van der Waals surface area contributed by atoms with E-state index in [-0.39, 0.29) is 16.5 Å². The number of fused-ring (bicyclic) bond motifs is 1. The zero-order chi connectivity index (χ0) is 17.3. The SMILES string of the molecule is C[C@H](OC(=O)c1cc(Cl)ccc1Cl)C(=O)N1CCc2ccccc21. The number of carbonyl (C=O) groups is 2. The molecule has 3 rings (SSSR count).